The van der Waals surface area contributed by atoms with Crippen molar-refractivity contribution >= 4 is 57.7 Å². The van der Waals surface area contributed by atoms with Gasteiger partial charge in [-0.25, -0.2) is 0 Å². The number of aromatic hydroxyl groups is 1. The van der Waals surface area contributed by atoms with Crippen LogP contribution in [0, 0.1) is 18.3 Å². The minimum absolute atomic E-state index is 0.0439. The van der Waals surface area contributed by atoms with Gasteiger partial charge in [0, 0.05) is 11.6 Å². The SMILES string of the molecule is C=CCn1c(O)c(C(=O)CN2C(=O)/C(=C/c3ccc(Cl)cc3)SC2=S)c(C)c(C#N)c1=O. The number of allylic oxidation sites excluding steroid dienone is 1. The predicted octanol–water partition coefficient (Wildman–Crippen LogP) is 3.66. The van der Waals surface area contributed by atoms with Gasteiger partial charge in [-0.1, -0.05) is 53.8 Å². The fraction of sp³-hybridized carbons (Fsp3) is 0.136. The molecule has 0 saturated carbocycles. The summed E-state index contributed by atoms with van der Waals surface area (Å²) in [6.07, 6.45) is 3.00. The average Bonchev–Trinajstić information content (AvgIpc) is 3.00. The largest absolute Gasteiger partial charge is 0.494 e. The Kier molecular flexibility index (Phi) is 6.99. The average molecular weight is 486 g/mol. The molecule has 1 saturated heterocycles. The van der Waals surface area contributed by atoms with Crippen LogP contribution < -0.4 is 5.56 Å². The van der Waals surface area contributed by atoms with E-state index in [1.165, 1.54) is 13.0 Å². The summed E-state index contributed by atoms with van der Waals surface area (Å²) in [7, 11) is 0. The van der Waals surface area contributed by atoms with Crippen LogP contribution in [-0.4, -0.2) is 37.1 Å². The van der Waals surface area contributed by atoms with Crippen LogP contribution in [0.3, 0.4) is 0 Å². The molecule has 2 aromatic rings. The van der Waals surface area contributed by atoms with Crippen molar-refractivity contribution < 1.29 is 14.7 Å². The van der Waals surface area contributed by atoms with Crippen molar-refractivity contribution in [1.82, 2.24) is 9.47 Å². The number of thiocarbonyl (C=S) groups is 1. The number of amides is 1. The van der Waals surface area contributed by atoms with Crippen molar-refractivity contribution in [2.45, 2.75) is 13.5 Å². The zero-order valence-electron chi connectivity index (χ0n) is 16.8. The second-order valence-corrected chi connectivity index (χ2v) is 8.87. The van der Waals surface area contributed by atoms with E-state index in [0.717, 1.165) is 26.8 Å². The van der Waals surface area contributed by atoms with Gasteiger partial charge in [0.25, 0.3) is 11.5 Å². The van der Waals surface area contributed by atoms with Gasteiger partial charge in [-0.15, -0.1) is 6.58 Å². The van der Waals surface area contributed by atoms with Crippen molar-refractivity contribution in [2.75, 3.05) is 6.54 Å². The van der Waals surface area contributed by atoms with E-state index < -0.39 is 29.7 Å². The van der Waals surface area contributed by atoms with E-state index in [1.807, 2.05) is 0 Å². The minimum atomic E-state index is -0.726. The Morgan fingerprint density at radius 1 is 1.34 bits per heavy atom. The van der Waals surface area contributed by atoms with Crippen LogP contribution in [0.2, 0.25) is 5.02 Å². The molecule has 1 fully saturated rings. The van der Waals surface area contributed by atoms with Gasteiger partial charge < -0.3 is 5.11 Å². The van der Waals surface area contributed by atoms with Gasteiger partial charge >= 0.3 is 0 Å². The molecule has 3 rings (SSSR count). The van der Waals surface area contributed by atoms with Gasteiger partial charge in [-0.2, -0.15) is 5.26 Å². The zero-order valence-corrected chi connectivity index (χ0v) is 19.2. The number of thioether (sulfide) groups is 1. The highest BCUT2D eigenvalue weighted by Crippen LogP contribution is 2.33. The maximum absolute atomic E-state index is 13.1. The number of nitriles is 1. The summed E-state index contributed by atoms with van der Waals surface area (Å²) in [6, 6.07) is 8.64. The Hall–Kier alpha value is -3.19. The molecule has 7 nitrogen and oxygen atoms in total. The predicted molar refractivity (Wildman–Crippen MR) is 128 cm³/mol. The first-order valence-corrected chi connectivity index (χ1v) is 10.8. The minimum Gasteiger partial charge on any atom is -0.494 e. The third-order valence-electron chi connectivity index (χ3n) is 4.73. The number of nitrogens with zero attached hydrogens (tertiary/aromatic N) is 3. The monoisotopic (exact) mass is 485 g/mol. The number of benzene rings is 1. The van der Waals surface area contributed by atoms with E-state index in [2.05, 4.69) is 6.58 Å². The van der Waals surface area contributed by atoms with Gasteiger partial charge in [-0.05, 0) is 36.3 Å². The molecule has 0 unspecified atom stereocenters. The lowest BCUT2D eigenvalue weighted by atomic mass is 10.0. The lowest BCUT2D eigenvalue weighted by molar-refractivity contribution is -0.121. The normalized spacial score (nSPS) is 14.7. The number of ketones is 1. The molecule has 10 heteroatoms. The summed E-state index contributed by atoms with van der Waals surface area (Å²) in [4.78, 5) is 39.8. The van der Waals surface area contributed by atoms with Crippen LogP contribution in [0.25, 0.3) is 6.08 Å². The van der Waals surface area contributed by atoms with E-state index in [-0.39, 0.29) is 27.6 Å². The third-order valence-corrected chi connectivity index (χ3v) is 6.36. The molecule has 1 aliphatic rings. The molecule has 0 spiro atoms. The number of pyridine rings is 1. The highest BCUT2D eigenvalue weighted by atomic mass is 35.5. The Labute approximate surface area is 198 Å². The lowest BCUT2D eigenvalue weighted by Crippen LogP contribution is -2.35. The highest BCUT2D eigenvalue weighted by molar-refractivity contribution is 8.26. The fourth-order valence-corrected chi connectivity index (χ4v) is 4.53. The molecule has 0 aliphatic carbocycles. The van der Waals surface area contributed by atoms with Crippen molar-refractivity contribution in [1.29, 1.82) is 5.26 Å². The number of aromatic nitrogens is 1. The van der Waals surface area contributed by atoms with E-state index in [1.54, 1.807) is 36.4 Å². The van der Waals surface area contributed by atoms with Gasteiger partial charge in [-0.3, -0.25) is 23.9 Å². The van der Waals surface area contributed by atoms with Crippen molar-refractivity contribution in [3.05, 3.63) is 79.5 Å². The van der Waals surface area contributed by atoms with Crippen LogP contribution in [0.1, 0.15) is 27.0 Å². The number of Topliss-reactive ketones (excluding diaryl/α,β-unsaturated/α-hetero) is 1. The van der Waals surface area contributed by atoms with E-state index >= 15 is 0 Å². The molecule has 1 aromatic heterocycles. The molecule has 32 heavy (non-hydrogen) atoms. The smallest absolute Gasteiger partial charge is 0.271 e. The first-order chi connectivity index (χ1) is 15.2. The Balaban J connectivity index is 1.94. The summed E-state index contributed by atoms with van der Waals surface area (Å²) in [5.74, 6) is -1.70. The Morgan fingerprint density at radius 3 is 2.59 bits per heavy atom. The molecule has 162 valence electrons. The van der Waals surface area contributed by atoms with Crippen LogP contribution >= 0.6 is 35.6 Å². The summed E-state index contributed by atoms with van der Waals surface area (Å²) in [6.45, 7) is 4.37. The Bertz CT molecular complexity index is 1290. The lowest BCUT2D eigenvalue weighted by Gasteiger charge is -2.17. The summed E-state index contributed by atoms with van der Waals surface area (Å²) in [5, 5.41) is 20.5. The van der Waals surface area contributed by atoms with Crippen LogP contribution in [0.15, 0.2) is 46.6 Å². The van der Waals surface area contributed by atoms with E-state index in [4.69, 9.17) is 23.8 Å². The van der Waals surface area contributed by atoms with Crippen molar-refractivity contribution in [3.8, 4) is 11.9 Å². The fourth-order valence-electron chi connectivity index (χ4n) is 3.15. The van der Waals surface area contributed by atoms with Gasteiger partial charge in [0.15, 0.2) is 5.78 Å². The first kappa shape index (κ1) is 23.5. The number of halogens is 1. The molecule has 1 aliphatic heterocycles. The molecular weight excluding hydrogens is 470 g/mol. The quantitative estimate of drug-likeness (QED) is 0.288. The number of hydrogen-bond donors (Lipinski definition) is 1. The number of hydrogen-bond acceptors (Lipinski definition) is 7. The van der Waals surface area contributed by atoms with Crippen LogP contribution in [-0.2, 0) is 11.3 Å². The second kappa shape index (κ2) is 9.53. The molecule has 1 amide bonds. The van der Waals surface area contributed by atoms with Crippen molar-refractivity contribution in [2.24, 2.45) is 0 Å². The van der Waals surface area contributed by atoms with Gasteiger partial charge in [0.2, 0.25) is 5.88 Å². The molecule has 2 heterocycles. The molecule has 0 atom stereocenters. The van der Waals surface area contributed by atoms with Gasteiger partial charge in [0.1, 0.15) is 16.0 Å². The maximum Gasteiger partial charge on any atom is 0.271 e. The number of carbonyl (C=O) groups excluding carboxylic acids is 2. The number of rotatable bonds is 6. The maximum atomic E-state index is 13.1. The molecular formula is C22H16ClN3O4S2. The summed E-state index contributed by atoms with van der Waals surface area (Å²) < 4.78 is 1.07. The molecule has 0 radical (unpaired) electrons. The number of carbonyl (C=O) groups is 2. The second-order valence-electron chi connectivity index (χ2n) is 6.76. The van der Waals surface area contributed by atoms with Crippen molar-refractivity contribution in [3.63, 3.8) is 0 Å². The standard InChI is InChI=1S/C22H16ClN3O4S2/c1-3-8-25-19(28)15(10-24)12(2)18(21(25)30)16(27)11-26-20(29)17(32-22(26)31)9-13-4-6-14(23)7-5-13/h3-7,9,30H,1,8,11H2,2H3/b17-9-. The summed E-state index contributed by atoms with van der Waals surface area (Å²) in [5.41, 5.74) is -0.414. The Morgan fingerprint density at radius 2 is 2.00 bits per heavy atom. The topological polar surface area (TPSA) is 103 Å². The third kappa shape index (κ3) is 4.39. The van der Waals surface area contributed by atoms with E-state index in [9.17, 15) is 24.8 Å². The first-order valence-electron chi connectivity index (χ1n) is 9.21. The van der Waals surface area contributed by atoms with Gasteiger partial charge in [0.05, 0.1) is 17.0 Å². The molecule has 1 aromatic carbocycles. The summed E-state index contributed by atoms with van der Waals surface area (Å²) >= 11 is 12.2. The van der Waals surface area contributed by atoms with Crippen LogP contribution in [0.5, 0.6) is 5.88 Å². The molecule has 1 N–H and O–H groups in total. The van der Waals surface area contributed by atoms with E-state index in [0.29, 0.717) is 9.93 Å². The van der Waals surface area contributed by atoms with Crippen LogP contribution in [0.4, 0.5) is 0 Å². The highest BCUT2D eigenvalue weighted by Gasteiger charge is 2.35. The zero-order chi connectivity index (χ0) is 23.6. The molecule has 0 bridgehead atoms.